The summed E-state index contributed by atoms with van der Waals surface area (Å²) in [7, 11) is -1.79. The fourth-order valence-electron chi connectivity index (χ4n) is 1.63. The van der Waals surface area contributed by atoms with E-state index in [4.69, 9.17) is 4.43 Å². The van der Waals surface area contributed by atoms with Gasteiger partial charge in [-0.05, 0) is 55.7 Å². The van der Waals surface area contributed by atoms with Crippen molar-refractivity contribution in [1.82, 2.24) is 0 Å². The second kappa shape index (κ2) is 10.7. The van der Waals surface area contributed by atoms with Crippen LogP contribution in [0.3, 0.4) is 0 Å². The molecule has 1 unspecified atom stereocenters. The van der Waals surface area contributed by atoms with Crippen molar-refractivity contribution in [3.8, 4) is 23.7 Å². The molecule has 1 nitrogen and oxygen atoms in total. The van der Waals surface area contributed by atoms with Crippen LogP contribution in [-0.4, -0.2) is 14.4 Å². The lowest BCUT2D eigenvalue weighted by Crippen LogP contribution is -2.43. The van der Waals surface area contributed by atoms with Crippen LogP contribution in [0.1, 0.15) is 66.2 Å². The van der Waals surface area contributed by atoms with Gasteiger partial charge in [0.25, 0.3) is 0 Å². The Labute approximate surface area is 140 Å². The summed E-state index contributed by atoms with van der Waals surface area (Å²) in [4.78, 5) is 0. The van der Waals surface area contributed by atoms with Crippen molar-refractivity contribution in [2.24, 2.45) is 0 Å². The second-order valence-electron chi connectivity index (χ2n) is 7.26. The van der Waals surface area contributed by atoms with E-state index in [9.17, 15) is 0 Å². The molecule has 0 bridgehead atoms. The van der Waals surface area contributed by atoms with Gasteiger partial charge in [-0.1, -0.05) is 52.0 Å². The molecular weight excluding hydrogens is 284 g/mol. The van der Waals surface area contributed by atoms with E-state index in [1.54, 1.807) is 0 Å². The predicted molar refractivity (Wildman–Crippen MR) is 101 cm³/mol. The van der Waals surface area contributed by atoms with Crippen molar-refractivity contribution in [2.75, 3.05) is 0 Å². The zero-order chi connectivity index (χ0) is 17.1. The Kier molecular flexibility index (Phi) is 10.2. The van der Waals surface area contributed by atoms with Crippen molar-refractivity contribution < 1.29 is 4.43 Å². The van der Waals surface area contributed by atoms with E-state index in [-0.39, 0.29) is 11.1 Å². The Bertz CT molecular complexity index is 434. The van der Waals surface area contributed by atoms with Gasteiger partial charge in [0.2, 0.25) is 0 Å². The first-order valence-corrected chi connectivity index (χ1v) is 11.4. The number of unbranched alkanes of at least 4 members (excludes halogenated alkanes) is 3. The molecule has 0 saturated heterocycles. The van der Waals surface area contributed by atoms with Gasteiger partial charge in [-0.25, -0.2) is 0 Å². The molecule has 124 valence electrons. The molecule has 22 heavy (non-hydrogen) atoms. The van der Waals surface area contributed by atoms with E-state index in [1.807, 2.05) is 6.08 Å². The van der Waals surface area contributed by atoms with Crippen LogP contribution in [0.2, 0.25) is 18.1 Å². The van der Waals surface area contributed by atoms with Crippen molar-refractivity contribution in [3.63, 3.8) is 0 Å². The van der Waals surface area contributed by atoms with Gasteiger partial charge in [-0.3, -0.25) is 0 Å². The minimum Gasteiger partial charge on any atom is -0.403 e. The van der Waals surface area contributed by atoms with Crippen molar-refractivity contribution in [3.05, 3.63) is 12.7 Å². The van der Waals surface area contributed by atoms with Gasteiger partial charge < -0.3 is 4.43 Å². The van der Waals surface area contributed by atoms with Crippen LogP contribution in [0.25, 0.3) is 0 Å². The first-order valence-electron chi connectivity index (χ1n) is 8.51. The fourth-order valence-corrected chi connectivity index (χ4v) is 2.87. The molecular formula is C20H34OSi. The summed E-state index contributed by atoms with van der Waals surface area (Å²) in [6.07, 6.45) is 8.28. The topological polar surface area (TPSA) is 9.23 Å². The molecule has 0 aromatic rings. The molecule has 1 atom stereocenters. The lowest BCUT2D eigenvalue weighted by Gasteiger charge is -2.38. The average Bonchev–Trinajstić information content (AvgIpc) is 2.41. The molecule has 0 aromatic carbocycles. The smallest absolute Gasteiger partial charge is 0.193 e. The summed E-state index contributed by atoms with van der Waals surface area (Å²) in [5.41, 5.74) is 0. The Morgan fingerprint density at radius 3 is 2.41 bits per heavy atom. The molecule has 0 aliphatic heterocycles. The van der Waals surface area contributed by atoms with E-state index >= 15 is 0 Å². The predicted octanol–water partition coefficient (Wildman–Crippen LogP) is 5.93. The highest BCUT2D eigenvalue weighted by molar-refractivity contribution is 6.74. The molecule has 0 aromatic heterocycles. The first kappa shape index (κ1) is 21.0. The summed E-state index contributed by atoms with van der Waals surface area (Å²) >= 11 is 0. The SMILES string of the molecule is C=CCCCC(C#CC#CCCCC)O[Si](C)(C)C(C)(C)C. The van der Waals surface area contributed by atoms with Gasteiger partial charge >= 0.3 is 0 Å². The minimum absolute atomic E-state index is 0.00122. The zero-order valence-electron chi connectivity index (χ0n) is 15.5. The summed E-state index contributed by atoms with van der Waals surface area (Å²) < 4.78 is 6.44. The van der Waals surface area contributed by atoms with Crippen molar-refractivity contribution in [2.45, 2.75) is 90.5 Å². The third kappa shape index (κ3) is 9.14. The average molecular weight is 319 g/mol. The zero-order valence-corrected chi connectivity index (χ0v) is 16.5. The highest BCUT2D eigenvalue weighted by Crippen LogP contribution is 2.37. The highest BCUT2D eigenvalue weighted by Gasteiger charge is 2.38. The van der Waals surface area contributed by atoms with Gasteiger partial charge in [-0.2, -0.15) is 0 Å². The van der Waals surface area contributed by atoms with Crippen molar-refractivity contribution in [1.29, 1.82) is 0 Å². The van der Waals surface area contributed by atoms with E-state index in [1.165, 1.54) is 6.42 Å². The molecule has 2 heteroatoms. The third-order valence-electron chi connectivity index (χ3n) is 4.16. The summed E-state index contributed by atoms with van der Waals surface area (Å²) in [6, 6.07) is 0. The van der Waals surface area contributed by atoms with Crippen molar-refractivity contribution >= 4 is 8.32 Å². The van der Waals surface area contributed by atoms with Crippen LogP contribution < -0.4 is 0 Å². The molecule has 0 spiro atoms. The second-order valence-corrected chi connectivity index (χ2v) is 12.0. The third-order valence-corrected chi connectivity index (χ3v) is 8.64. The number of rotatable bonds is 8. The normalized spacial score (nSPS) is 12.6. The molecule has 0 amide bonds. The van der Waals surface area contributed by atoms with Crippen LogP contribution in [0, 0.1) is 23.7 Å². The largest absolute Gasteiger partial charge is 0.403 e. The number of hydrogen-bond acceptors (Lipinski definition) is 1. The summed E-state index contributed by atoms with van der Waals surface area (Å²) in [5.74, 6) is 12.3. The molecule has 0 radical (unpaired) electrons. The Morgan fingerprint density at radius 1 is 1.18 bits per heavy atom. The summed E-state index contributed by atoms with van der Waals surface area (Å²) in [6.45, 7) is 17.3. The van der Waals surface area contributed by atoms with E-state index in [2.05, 4.69) is 71.0 Å². The Balaban J connectivity index is 4.78. The minimum atomic E-state index is -1.79. The van der Waals surface area contributed by atoms with E-state index < -0.39 is 8.32 Å². The number of hydrogen-bond donors (Lipinski definition) is 0. The molecule has 0 aliphatic carbocycles. The lowest BCUT2D eigenvalue weighted by molar-refractivity contribution is 0.221. The molecule has 0 rings (SSSR count). The number of allylic oxidation sites excluding steroid dienone is 1. The molecule has 0 N–H and O–H groups in total. The molecule has 0 saturated carbocycles. The maximum Gasteiger partial charge on any atom is 0.193 e. The standard InChI is InChI=1S/C20H34OSi/c1-8-10-12-13-14-16-18-19(17-15-11-9-2)21-22(6,7)20(3,4)5/h9,19H,2,8,10-12,15,17H2,1,3-7H3. The van der Waals surface area contributed by atoms with Crippen LogP contribution in [0.5, 0.6) is 0 Å². The molecule has 0 aliphatic rings. The monoisotopic (exact) mass is 318 g/mol. The van der Waals surface area contributed by atoms with Gasteiger partial charge in [0.1, 0.15) is 6.10 Å². The Morgan fingerprint density at radius 2 is 1.86 bits per heavy atom. The highest BCUT2D eigenvalue weighted by atomic mass is 28.4. The van der Waals surface area contributed by atoms with E-state index in [0.717, 1.165) is 32.1 Å². The van der Waals surface area contributed by atoms with Crippen LogP contribution in [-0.2, 0) is 4.43 Å². The van der Waals surface area contributed by atoms with Gasteiger partial charge in [0.05, 0.1) is 0 Å². The van der Waals surface area contributed by atoms with Crippen LogP contribution in [0.4, 0.5) is 0 Å². The van der Waals surface area contributed by atoms with E-state index in [0.29, 0.717) is 0 Å². The first-order chi connectivity index (χ1) is 10.2. The lowest BCUT2D eigenvalue weighted by atomic mass is 10.1. The van der Waals surface area contributed by atoms with Crippen LogP contribution >= 0.6 is 0 Å². The maximum absolute atomic E-state index is 6.44. The van der Waals surface area contributed by atoms with Gasteiger partial charge in [0.15, 0.2) is 8.32 Å². The van der Waals surface area contributed by atoms with Crippen LogP contribution in [0.15, 0.2) is 12.7 Å². The van der Waals surface area contributed by atoms with Gasteiger partial charge in [0, 0.05) is 6.42 Å². The molecule has 0 heterocycles. The summed E-state index contributed by atoms with van der Waals surface area (Å²) in [5, 5.41) is 0.207. The maximum atomic E-state index is 6.44. The van der Waals surface area contributed by atoms with Gasteiger partial charge in [-0.15, -0.1) is 6.58 Å². The molecule has 0 fully saturated rings. The quantitative estimate of drug-likeness (QED) is 0.233. The fraction of sp³-hybridized carbons (Fsp3) is 0.700. The Hall–Kier alpha value is -0.963.